The molecule has 1 amide bonds. The predicted octanol–water partition coefficient (Wildman–Crippen LogP) is 0.152. The van der Waals surface area contributed by atoms with Gasteiger partial charge in [0.25, 0.3) is 0 Å². The summed E-state index contributed by atoms with van der Waals surface area (Å²) in [7, 11) is 0. The van der Waals surface area contributed by atoms with Gasteiger partial charge in [0, 0.05) is 6.07 Å². The number of amides is 1. The molecule has 5 heteroatoms. The van der Waals surface area contributed by atoms with E-state index in [1.165, 1.54) is 6.20 Å². The number of rotatable bonds is 2. The smallest absolute Gasteiger partial charge is 0.250 e. The molecule has 64 valence electrons. The van der Waals surface area contributed by atoms with Crippen molar-refractivity contribution in [2.45, 2.75) is 0 Å². The van der Waals surface area contributed by atoms with Crippen molar-refractivity contribution in [2.75, 3.05) is 11.9 Å². The van der Waals surface area contributed by atoms with Gasteiger partial charge in [-0.3, -0.25) is 9.78 Å². The molecule has 0 radical (unpaired) electrons. The molecule has 4 nitrogen and oxygen atoms in total. The number of aromatic nitrogens is 1. The van der Waals surface area contributed by atoms with Crippen molar-refractivity contribution in [3.63, 3.8) is 0 Å². The van der Waals surface area contributed by atoms with Crippen LogP contribution in [0.25, 0.3) is 0 Å². The van der Waals surface area contributed by atoms with Gasteiger partial charge in [-0.2, -0.15) is 0 Å². The first-order valence-corrected chi connectivity index (χ1v) is 3.23. The van der Waals surface area contributed by atoms with Crippen LogP contribution in [0.5, 0.6) is 0 Å². The molecule has 0 bridgehead atoms. The van der Waals surface area contributed by atoms with E-state index < -0.39 is 18.3 Å². The Bertz CT molecular complexity index is 290. The van der Waals surface area contributed by atoms with Crippen molar-refractivity contribution in [3.8, 4) is 0 Å². The third-order valence-electron chi connectivity index (χ3n) is 1.13. The van der Waals surface area contributed by atoms with Crippen molar-refractivity contribution in [1.82, 2.24) is 4.98 Å². The maximum Gasteiger partial charge on any atom is 0.250 e. The predicted molar refractivity (Wildman–Crippen MR) is 39.9 cm³/mol. The highest BCUT2D eigenvalue weighted by Crippen LogP contribution is 2.05. The van der Waals surface area contributed by atoms with Crippen molar-refractivity contribution < 1.29 is 14.3 Å². The molecule has 0 aliphatic rings. The Labute approximate surface area is 68.1 Å². The SMILES string of the molecule is O=C(CO)Nc1cncc(F)c1. The second-order valence-corrected chi connectivity index (χ2v) is 2.10. The maximum atomic E-state index is 12.4. The molecule has 1 rings (SSSR count). The number of nitrogens with zero attached hydrogens (tertiary/aromatic N) is 1. The fourth-order valence-corrected chi connectivity index (χ4v) is 0.681. The lowest BCUT2D eigenvalue weighted by atomic mass is 10.4. The second kappa shape index (κ2) is 3.77. The molecule has 0 aliphatic carbocycles. The Morgan fingerprint density at radius 1 is 1.67 bits per heavy atom. The van der Waals surface area contributed by atoms with Gasteiger partial charge in [-0.25, -0.2) is 4.39 Å². The van der Waals surface area contributed by atoms with Crippen LogP contribution in [-0.2, 0) is 4.79 Å². The molecule has 0 atom stereocenters. The van der Waals surface area contributed by atoms with Crippen molar-refractivity contribution in [1.29, 1.82) is 0 Å². The van der Waals surface area contributed by atoms with Gasteiger partial charge >= 0.3 is 0 Å². The third-order valence-corrected chi connectivity index (χ3v) is 1.13. The zero-order valence-electron chi connectivity index (χ0n) is 6.12. The zero-order valence-corrected chi connectivity index (χ0v) is 6.12. The molecule has 1 heterocycles. The third kappa shape index (κ3) is 2.28. The van der Waals surface area contributed by atoms with E-state index in [9.17, 15) is 9.18 Å². The molecule has 0 saturated carbocycles. The lowest BCUT2D eigenvalue weighted by Gasteiger charge is -2.00. The van der Waals surface area contributed by atoms with Crippen molar-refractivity contribution >= 4 is 11.6 Å². The van der Waals surface area contributed by atoms with Crippen LogP contribution in [0.4, 0.5) is 10.1 Å². The van der Waals surface area contributed by atoms with Crippen molar-refractivity contribution in [2.24, 2.45) is 0 Å². The highest BCUT2D eigenvalue weighted by molar-refractivity contribution is 5.91. The summed E-state index contributed by atoms with van der Waals surface area (Å²) in [5, 5.41) is 10.6. The Morgan fingerprint density at radius 2 is 2.42 bits per heavy atom. The summed E-state index contributed by atoms with van der Waals surface area (Å²) in [6, 6.07) is 1.11. The zero-order chi connectivity index (χ0) is 8.97. The summed E-state index contributed by atoms with van der Waals surface area (Å²) >= 11 is 0. The molecule has 0 fully saturated rings. The van der Waals surface area contributed by atoms with Gasteiger partial charge < -0.3 is 10.4 Å². The Morgan fingerprint density at radius 3 is 3.00 bits per heavy atom. The number of nitrogens with one attached hydrogen (secondary N) is 1. The lowest BCUT2D eigenvalue weighted by molar-refractivity contribution is -0.118. The number of hydrogen-bond acceptors (Lipinski definition) is 3. The van der Waals surface area contributed by atoms with Crippen LogP contribution < -0.4 is 5.32 Å². The van der Waals surface area contributed by atoms with Gasteiger partial charge in [0.1, 0.15) is 12.4 Å². The molecular weight excluding hydrogens is 163 g/mol. The average molecular weight is 170 g/mol. The number of anilines is 1. The highest BCUT2D eigenvalue weighted by atomic mass is 19.1. The number of halogens is 1. The van der Waals surface area contributed by atoms with E-state index in [4.69, 9.17) is 5.11 Å². The Kier molecular flexibility index (Phi) is 2.71. The van der Waals surface area contributed by atoms with Gasteiger partial charge in [-0.05, 0) is 0 Å². The van der Waals surface area contributed by atoms with Gasteiger partial charge in [-0.15, -0.1) is 0 Å². The standard InChI is InChI=1S/C7H7FN2O2/c8-5-1-6(3-9-2-5)10-7(12)4-11/h1-3,11H,4H2,(H,10,12). The molecule has 0 aromatic carbocycles. The monoisotopic (exact) mass is 170 g/mol. The summed E-state index contributed by atoms with van der Waals surface area (Å²) in [6.07, 6.45) is 2.31. The first kappa shape index (κ1) is 8.61. The number of pyridine rings is 1. The van der Waals surface area contributed by atoms with Gasteiger partial charge in [0.2, 0.25) is 5.91 Å². The molecule has 0 aliphatic heterocycles. The molecule has 0 spiro atoms. The quantitative estimate of drug-likeness (QED) is 0.664. The van der Waals surface area contributed by atoms with Crippen LogP contribution in [0.15, 0.2) is 18.5 Å². The van der Waals surface area contributed by atoms with E-state index in [2.05, 4.69) is 10.3 Å². The largest absolute Gasteiger partial charge is 0.387 e. The van der Waals surface area contributed by atoms with E-state index in [0.717, 1.165) is 12.3 Å². The van der Waals surface area contributed by atoms with Gasteiger partial charge in [0.15, 0.2) is 0 Å². The van der Waals surface area contributed by atoms with Crippen LogP contribution in [0.2, 0.25) is 0 Å². The molecule has 0 unspecified atom stereocenters. The Balaban J connectivity index is 2.69. The molecule has 1 aromatic heterocycles. The number of aliphatic hydroxyl groups is 1. The summed E-state index contributed by atoms with van der Waals surface area (Å²) in [6.45, 7) is -0.628. The van der Waals surface area contributed by atoms with Crippen LogP contribution in [0.1, 0.15) is 0 Å². The minimum Gasteiger partial charge on any atom is -0.387 e. The molecule has 2 N–H and O–H groups in total. The van der Waals surface area contributed by atoms with Gasteiger partial charge in [0.05, 0.1) is 18.1 Å². The average Bonchev–Trinajstić information content (AvgIpc) is 2.04. The number of hydrogen-bond donors (Lipinski definition) is 2. The minimum atomic E-state index is -0.628. The summed E-state index contributed by atoms with van der Waals surface area (Å²) in [5.74, 6) is -1.13. The fraction of sp³-hybridized carbons (Fsp3) is 0.143. The molecule has 0 saturated heterocycles. The first-order valence-electron chi connectivity index (χ1n) is 3.23. The number of aliphatic hydroxyl groups excluding tert-OH is 1. The number of carbonyl (C=O) groups excluding carboxylic acids is 1. The summed E-state index contributed by atoms with van der Waals surface area (Å²) < 4.78 is 12.4. The lowest BCUT2D eigenvalue weighted by Crippen LogP contribution is -2.15. The van der Waals surface area contributed by atoms with E-state index in [1.807, 2.05) is 0 Å². The van der Waals surface area contributed by atoms with E-state index in [0.29, 0.717) is 0 Å². The van der Waals surface area contributed by atoms with Crippen LogP contribution in [0.3, 0.4) is 0 Å². The topological polar surface area (TPSA) is 62.2 Å². The van der Waals surface area contributed by atoms with Crippen LogP contribution >= 0.6 is 0 Å². The summed E-state index contributed by atoms with van der Waals surface area (Å²) in [4.78, 5) is 14.1. The minimum absolute atomic E-state index is 0.231. The van der Waals surface area contributed by atoms with E-state index in [1.54, 1.807) is 0 Å². The maximum absolute atomic E-state index is 12.4. The number of carbonyl (C=O) groups is 1. The molecule has 1 aromatic rings. The Hall–Kier alpha value is -1.49. The molecular formula is C7H7FN2O2. The highest BCUT2D eigenvalue weighted by Gasteiger charge is 2.00. The van der Waals surface area contributed by atoms with E-state index >= 15 is 0 Å². The van der Waals surface area contributed by atoms with Crippen LogP contribution in [-0.4, -0.2) is 22.6 Å². The fourth-order valence-electron chi connectivity index (χ4n) is 0.681. The van der Waals surface area contributed by atoms with E-state index in [-0.39, 0.29) is 5.69 Å². The van der Waals surface area contributed by atoms with Crippen LogP contribution in [0, 0.1) is 5.82 Å². The first-order chi connectivity index (χ1) is 5.72. The van der Waals surface area contributed by atoms with Gasteiger partial charge in [-0.1, -0.05) is 0 Å². The summed E-state index contributed by atoms with van der Waals surface area (Å²) in [5.41, 5.74) is 0.231. The van der Waals surface area contributed by atoms with Crippen molar-refractivity contribution in [3.05, 3.63) is 24.3 Å². The second-order valence-electron chi connectivity index (χ2n) is 2.10. The normalized spacial score (nSPS) is 9.50. The molecule has 12 heavy (non-hydrogen) atoms.